The Morgan fingerprint density at radius 1 is 1.28 bits per heavy atom. The standard InChI is InChI=1S/C14H22O3Si/c1-4-5-11-18(2,3)14(17,13(15)16)12-9-7-6-8-10-12/h6-10,17H,4-5,11H2,1-3H3,(H,15,16). The number of aliphatic carboxylic acids is 1. The molecule has 0 aliphatic heterocycles. The fraction of sp³-hybridized carbons (Fsp3) is 0.500. The van der Waals surface area contributed by atoms with Crippen molar-refractivity contribution in [2.45, 2.75) is 44.1 Å². The van der Waals surface area contributed by atoms with Crippen LogP contribution in [0.1, 0.15) is 25.3 Å². The number of benzene rings is 1. The molecule has 4 heteroatoms. The van der Waals surface area contributed by atoms with E-state index in [0.29, 0.717) is 5.56 Å². The molecule has 0 heterocycles. The molecule has 2 N–H and O–H groups in total. The molecule has 1 rings (SSSR count). The van der Waals surface area contributed by atoms with Crippen molar-refractivity contribution in [2.24, 2.45) is 0 Å². The van der Waals surface area contributed by atoms with Gasteiger partial charge in [0.15, 0.2) is 5.22 Å². The lowest BCUT2D eigenvalue weighted by Gasteiger charge is -2.38. The Kier molecular flexibility index (Phi) is 4.70. The zero-order chi connectivity index (χ0) is 13.8. The summed E-state index contributed by atoms with van der Waals surface area (Å²) in [6.07, 6.45) is 1.97. The van der Waals surface area contributed by atoms with Crippen molar-refractivity contribution in [3.8, 4) is 0 Å². The van der Waals surface area contributed by atoms with E-state index in [1.54, 1.807) is 24.3 Å². The van der Waals surface area contributed by atoms with Gasteiger partial charge >= 0.3 is 5.97 Å². The molecule has 0 bridgehead atoms. The summed E-state index contributed by atoms with van der Waals surface area (Å²) in [4.78, 5) is 11.6. The molecule has 0 spiro atoms. The largest absolute Gasteiger partial charge is 0.479 e. The molecule has 0 aliphatic carbocycles. The van der Waals surface area contributed by atoms with Crippen LogP contribution in [0.5, 0.6) is 0 Å². The number of carbonyl (C=O) groups is 1. The minimum Gasteiger partial charge on any atom is -0.479 e. The molecule has 1 atom stereocenters. The van der Waals surface area contributed by atoms with Gasteiger partial charge in [-0.1, -0.05) is 69.2 Å². The zero-order valence-corrected chi connectivity index (χ0v) is 12.3. The van der Waals surface area contributed by atoms with Gasteiger partial charge in [-0.2, -0.15) is 0 Å². The minimum atomic E-state index is -2.33. The molecular weight excluding hydrogens is 244 g/mol. The van der Waals surface area contributed by atoms with E-state index in [1.807, 2.05) is 19.2 Å². The molecule has 0 radical (unpaired) electrons. The zero-order valence-electron chi connectivity index (χ0n) is 11.3. The lowest BCUT2D eigenvalue weighted by Crippen LogP contribution is -2.57. The number of unbranched alkanes of at least 4 members (excludes halogenated alkanes) is 1. The highest BCUT2D eigenvalue weighted by atomic mass is 28.3. The molecular formula is C14H22O3Si. The summed E-state index contributed by atoms with van der Waals surface area (Å²) in [6.45, 7) is 5.97. The monoisotopic (exact) mass is 266 g/mol. The van der Waals surface area contributed by atoms with Gasteiger partial charge in [0.05, 0.1) is 0 Å². The van der Waals surface area contributed by atoms with Crippen molar-refractivity contribution >= 4 is 14.0 Å². The fourth-order valence-corrected chi connectivity index (χ4v) is 5.41. The Morgan fingerprint density at radius 3 is 2.28 bits per heavy atom. The van der Waals surface area contributed by atoms with Crippen molar-refractivity contribution < 1.29 is 15.0 Å². The smallest absolute Gasteiger partial charge is 0.336 e. The van der Waals surface area contributed by atoms with Crippen LogP contribution in [0.3, 0.4) is 0 Å². The second-order valence-electron chi connectivity index (χ2n) is 5.37. The van der Waals surface area contributed by atoms with Crippen molar-refractivity contribution in [2.75, 3.05) is 0 Å². The molecule has 100 valence electrons. The maximum Gasteiger partial charge on any atom is 0.336 e. The van der Waals surface area contributed by atoms with E-state index >= 15 is 0 Å². The van der Waals surface area contributed by atoms with Gasteiger partial charge in [0.2, 0.25) is 0 Å². The summed E-state index contributed by atoms with van der Waals surface area (Å²) in [6, 6.07) is 9.58. The van der Waals surface area contributed by atoms with E-state index in [4.69, 9.17) is 0 Å². The number of rotatable bonds is 6. The normalized spacial score (nSPS) is 15.1. The molecule has 0 saturated carbocycles. The van der Waals surface area contributed by atoms with Gasteiger partial charge in [-0.25, -0.2) is 4.79 Å². The van der Waals surface area contributed by atoms with Crippen LogP contribution in [0, 0.1) is 0 Å². The third-order valence-corrected chi connectivity index (χ3v) is 7.70. The number of carboxylic acids is 1. The topological polar surface area (TPSA) is 57.5 Å². The summed E-state index contributed by atoms with van der Waals surface area (Å²) in [5.41, 5.74) is 0.505. The van der Waals surface area contributed by atoms with Gasteiger partial charge in [-0.15, -0.1) is 0 Å². The van der Waals surface area contributed by atoms with Crippen LogP contribution >= 0.6 is 0 Å². The maximum atomic E-state index is 11.6. The van der Waals surface area contributed by atoms with Gasteiger partial charge in [-0.3, -0.25) is 0 Å². The molecule has 18 heavy (non-hydrogen) atoms. The lowest BCUT2D eigenvalue weighted by molar-refractivity contribution is -0.152. The van der Waals surface area contributed by atoms with Gasteiger partial charge in [-0.05, 0) is 5.56 Å². The number of hydrogen-bond acceptors (Lipinski definition) is 2. The Labute approximate surface area is 109 Å². The second-order valence-corrected chi connectivity index (χ2v) is 10.4. The van der Waals surface area contributed by atoms with E-state index in [1.165, 1.54) is 0 Å². The third kappa shape index (κ3) is 2.65. The summed E-state index contributed by atoms with van der Waals surface area (Å²) >= 11 is 0. The average molecular weight is 266 g/mol. The molecule has 0 amide bonds. The van der Waals surface area contributed by atoms with Crippen LogP contribution in [0.2, 0.25) is 19.1 Å². The van der Waals surface area contributed by atoms with Crippen LogP contribution in [-0.4, -0.2) is 24.3 Å². The van der Waals surface area contributed by atoms with E-state index in [-0.39, 0.29) is 0 Å². The van der Waals surface area contributed by atoms with Gasteiger partial charge in [0, 0.05) is 0 Å². The van der Waals surface area contributed by atoms with E-state index < -0.39 is 19.3 Å². The molecule has 3 nitrogen and oxygen atoms in total. The van der Waals surface area contributed by atoms with Crippen molar-refractivity contribution in [1.82, 2.24) is 0 Å². The van der Waals surface area contributed by atoms with Crippen molar-refractivity contribution in [1.29, 1.82) is 0 Å². The molecule has 1 aromatic rings. The van der Waals surface area contributed by atoms with Crippen LogP contribution < -0.4 is 0 Å². The predicted octanol–water partition coefficient (Wildman–Crippen LogP) is 3.01. The molecule has 0 saturated heterocycles. The minimum absolute atomic E-state index is 0.505. The third-order valence-electron chi connectivity index (χ3n) is 3.64. The SMILES string of the molecule is CCCC[Si](C)(C)C(O)(C(=O)O)c1ccccc1. The lowest BCUT2D eigenvalue weighted by atomic mass is 10.1. The highest BCUT2D eigenvalue weighted by Crippen LogP contribution is 2.35. The highest BCUT2D eigenvalue weighted by molar-refractivity contribution is 6.82. The first kappa shape index (κ1) is 14.9. The summed E-state index contributed by atoms with van der Waals surface area (Å²) in [5, 5.41) is 18.6. The van der Waals surface area contributed by atoms with Crippen LogP contribution in [-0.2, 0) is 10.0 Å². The number of aliphatic hydroxyl groups is 1. The van der Waals surface area contributed by atoms with E-state index in [0.717, 1.165) is 18.9 Å². The summed E-state index contributed by atoms with van der Waals surface area (Å²) < 4.78 is 0. The second kappa shape index (κ2) is 5.67. The van der Waals surface area contributed by atoms with Gasteiger partial charge < -0.3 is 10.2 Å². The van der Waals surface area contributed by atoms with Crippen LogP contribution in [0.4, 0.5) is 0 Å². The van der Waals surface area contributed by atoms with Crippen LogP contribution in [0.25, 0.3) is 0 Å². The van der Waals surface area contributed by atoms with Crippen molar-refractivity contribution in [3.05, 3.63) is 35.9 Å². The predicted molar refractivity (Wildman–Crippen MR) is 75.2 cm³/mol. The Balaban J connectivity index is 3.20. The average Bonchev–Trinajstić information content (AvgIpc) is 2.36. The molecule has 1 aromatic carbocycles. The first-order chi connectivity index (χ1) is 8.36. The van der Waals surface area contributed by atoms with E-state index in [9.17, 15) is 15.0 Å². The van der Waals surface area contributed by atoms with Gasteiger partial charge in [0.25, 0.3) is 0 Å². The Bertz CT molecular complexity index is 403. The molecule has 0 fully saturated rings. The summed E-state index contributed by atoms with van der Waals surface area (Å²) in [5.74, 6) is -1.12. The molecule has 0 aromatic heterocycles. The first-order valence-electron chi connectivity index (χ1n) is 6.37. The van der Waals surface area contributed by atoms with Crippen LogP contribution in [0.15, 0.2) is 30.3 Å². The fourth-order valence-electron chi connectivity index (χ4n) is 2.28. The summed E-state index contributed by atoms with van der Waals surface area (Å²) in [7, 11) is -2.33. The highest BCUT2D eigenvalue weighted by Gasteiger charge is 2.52. The molecule has 0 aliphatic rings. The Hall–Kier alpha value is -1.13. The number of carboxylic acid groups (broad SMARTS) is 1. The van der Waals surface area contributed by atoms with Gasteiger partial charge in [0.1, 0.15) is 8.07 Å². The quantitative estimate of drug-likeness (QED) is 0.778. The van der Waals surface area contributed by atoms with E-state index in [2.05, 4.69) is 6.92 Å². The first-order valence-corrected chi connectivity index (χ1v) is 9.58. The Morgan fingerprint density at radius 2 is 1.83 bits per heavy atom. The molecule has 1 unspecified atom stereocenters. The maximum absolute atomic E-state index is 11.6. The number of hydrogen-bond donors (Lipinski definition) is 2. The van der Waals surface area contributed by atoms with Crippen molar-refractivity contribution in [3.63, 3.8) is 0 Å².